The maximum absolute atomic E-state index is 12.1. The minimum absolute atomic E-state index is 0.227. The van der Waals surface area contributed by atoms with Gasteiger partial charge in [0.25, 0.3) is 5.91 Å². The number of amides is 1. The van der Waals surface area contributed by atoms with Crippen LogP contribution in [0.2, 0.25) is 0 Å². The molecule has 3 aromatic rings. The number of hydrogen-bond acceptors (Lipinski definition) is 2. The fourth-order valence-electron chi connectivity index (χ4n) is 2.06. The van der Waals surface area contributed by atoms with Gasteiger partial charge in [-0.15, -0.1) is 0 Å². The van der Waals surface area contributed by atoms with Crippen molar-refractivity contribution in [3.8, 4) is 0 Å². The first-order valence-electron chi connectivity index (χ1n) is 6.40. The van der Waals surface area contributed by atoms with Crippen LogP contribution in [0.4, 0.5) is 0 Å². The lowest BCUT2D eigenvalue weighted by atomic mass is 10.2. The molecule has 3 rings (SSSR count). The standard InChI is InChI=1S/C16H12IN3O/c17-14-7-3-1-5-11(14)9-19-20-16(21)13-10-18-15-8-4-2-6-12(13)15/h1-10,18H,(H,20,21). The molecule has 1 aromatic heterocycles. The number of halogens is 1. The van der Waals surface area contributed by atoms with E-state index in [4.69, 9.17) is 0 Å². The molecule has 2 aromatic carbocycles. The molecule has 0 bridgehead atoms. The first-order chi connectivity index (χ1) is 10.3. The molecule has 0 unspecified atom stereocenters. The van der Waals surface area contributed by atoms with Crippen molar-refractivity contribution in [2.45, 2.75) is 0 Å². The van der Waals surface area contributed by atoms with Gasteiger partial charge in [0, 0.05) is 26.2 Å². The minimum Gasteiger partial charge on any atom is -0.360 e. The largest absolute Gasteiger partial charge is 0.360 e. The number of fused-ring (bicyclic) bond motifs is 1. The van der Waals surface area contributed by atoms with E-state index in [0.29, 0.717) is 5.56 Å². The first-order valence-corrected chi connectivity index (χ1v) is 7.47. The molecule has 5 heteroatoms. The van der Waals surface area contributed by atoms with Gasteiger partial charge < -0.3 is 4.98 Å². The van der Waals surface area contributed by atoms with E-state index in [1.54, 1.807) is 12.4 Å². The maximum atomic E-state index is 12.1. The van der Waals surface area contributed by atoms with Gasteiger partial charge >= 0.3 is 0 Å². The number of hydrazone groups is 1. The molecule has 0 saturated carbocycles. The van der Waals surface area contributed by atoms with E-state index in [2.05, 4.69) is 38.1 Å². The van der Waals surface area contributed by atoms with Crippen molar-refractivity contribution in [1.29, 1.82) is 0 Å². The van der Waals surface area contributed by atoms with Gasteiger partial charge in [0.1, 0.15) is 0 Å². The zero-order valence-corrected chi connectivity index (χ0v) is 13.2. The van der Waals surface area contributed by atoms with Crippen LogP contribution >= 0.6 is 22.6 Å². The van der Waals surface area contributed by atoms with Crippen molar-refractivity contribution in [2.75, 3.05) is 0 Å². The van der Waals surface area contributed by atoms with Gasteiger partial charge in [-0.1, -0.05) is 36.4 Å². The Hall–Kier alpha value is -2.15. The van der Waals surface area contributed by atoms with Crippen LogP contribution in [-0.4, -0.2) is 17.1 Å². The van der Waals surface area contributed by atoms with Crippen molar-refractivity contribution >= 4 is 45.6 Å². The summed E-state index contributed by atoms with van der Waals surface area (Å²) in [5, 5.41) is 4.91. The van der Waals surface area contributed by atoms with E-state index in [-0.39, 0.29) is 5.91 Å². The zero-order valence-electron chi connectivity index (χ0n) is 11.0. The van der Waals surface area contributed by atoms with E-state index >= 15 is 0 Å². The first kappa shape index (κ1) is 13.8. The third kappa shape index (κ3) is 2.97. The van der Waals surface area contributed by atoms with Crippen LogP contribution in [0.15, 0.2) is 59.8 Å². The van der Waals surface area contributed by atoms with E-state index in [9.17, 15) is 4.79 Å². The molecule has 0 radical (unpaired) electrons. The van der Waals surface area contributed by atoms with Crippen LogP contribution in [0.1, 0.15) is 15.9 Å². The molecule has 104 valence electrons. The highest BCUT2D eigenvalue weighted by Crippen LogP contribution is 2.17. The second kappa shape index (κ2) is 6.09. The molecular weight excluding hydrogens is 377 g/mol. The molecule has 0 aliphatic rings. The smallest absolute Gasteiger partial charge is 0.273 e. The number of aromatic amines is 1. The Labute approximate surface area is 135 Å². The summed E-state index contributed by atoms with van der Waals surface area (Å²) in [4.78, 5) is 15.2. The van der Waals surface area contributed by atoms with Crippen molar-refractivity contribution in [1.82, 2.24) is 10.4 Å². The molecule has 21 heavy (non-hydrogen) atoms. The molecule has 0 atom stereocenters. The van der Waals surface area contributed by atoms with E-state index < -0.39 is 0 Å². The van der Waals surface area contributed by atoms with Crippen LogP contribution in [0.25, 0.3) is 10.9 Å². The predicted octanol–water partition coefficient (Wildman–Crippen LogP) is 3.54. The summed E-state index contributed by atoms with van der Waals surface area (Å²) < 4.78 is 1.08. The monoisotopic (exact) mass is 389 g/mol. The maximum Gasteiger partial charge on any atom is 0.273 e. The Balaban J connectivity index is 1.77. The van der Waals surface area contributed by atoms with Crippen LogP contribution in [0.3, 0.4) is 0 Å². The number of para-hydroxylation sites is 1. The number of H-pyrrole nitrogens is 1. The van der Waals surface area contributed by atoms with Crippen molar-refractivity contribution < 1.29 is 4.79 Å². The summed E-state index contributed by atoms with van der Waals surface area (Å²) in [6.45, 7) is 0. The fourth-order valence-corrected chi connectivity index (χ4v) is 2.59. The summed E-state index contributed by atoms with van der Waals surface area (Å²) in [6.07, 6.45) is 3.34. The quantitative estimate of drug-likeness (QED) is 0.402. The Morgan fingerprint density at radius 1 is 1.14 bits per heavy atom. The van der Waals surface area contributed by atoms with Crippen molar-refractivity contribution in [3.63, 3.8) is 0 Å². The molecule has 2 N–H and O–H groups in total. The number of rotatable bonds is 3. The van der Waals surface area contributed by atoms with Crippen LogP contribution in [0.5, 0.6) is 0 Å². The molecule has 4 nitrogen and oxygen atoms in total. The highest BCUT2D eigenvalue weighted by atomic mass is 127. The number of hydrogen-bond donors (Lipinski definition) is 2. The van der Waals surface area contributed by atoms with Gasteiger partial charge in [-0.25, -0.2) is 5.43 Å². The number of carbonyl (C=O) groups is 1. The molecule has 1 amide bonds. The number of nitrogens with one attached hydrogen (secondary N) is 2. The van der Waals surface area contributed by atoms with Gasteiger partial charge in [-0.3, -0.25) is 4.79 Å². The lowest BCUT2D eigenvalue weighted by molar-refractivity contribution is 0.0957. The van der Waals surface area contributed by atoms with Crippen LogP contribution < -0.4 is 5.43 Å². The average molecular weight is 389 g/mol. The molecule has 0 saturated heterocycles. The van der Waals surface area contributed by atoms with Gasteiger partial charge in [0.05, 0.1) is 11.8 Å². The van der Waals surface area contributed by atoms with Gasteiger partial charge in [0.15, 0.2) is 0 Å². The Kier molecular flexibility index (Phi) is 4.01. The zero-order chi connectivity index (χ0) is 14.7. The lowest BCUT2D eigenvalue weighted by Crippen LogP contribution is -2.17. The topological polar surface area (TPSA) is 57.2 Å². The van der Waals surface area contributed by atoms with E-state index in [1.807, 2.05) is 48.5 Å². The summed E-state index contributed by atoms with van der Waals surface area (Å²) >= 11 is 2.23. The highest BCUT2D eigenvalue weighted by Gasteiger charge is 2.10. The lowest BCUT2D eigenvalue weighted by Gasteiger charge is -1.99. The number of aromatic nitrogens is 1. The molecule has 0 aliphatic carbocycles. The average Bonchev–Trinajstić information content (AvgIpc) is 2.93. The molecule has 0 spiro atoms. The van der Waals surface area contributed by atoms with Crippen LogP contribution in [0, 0.1) is 3.57 Å². The minimum atomic E-state index is -0.227. The number of nitrogens with zero attached hydrogens (tertiary/aromatic N) is 1. The second-order valence-electron chi connectivity index (χ2n) is 4.47. The Morgan fingerprint density at radius 2 is 1.90 bits per heavy atom. The third-order valence-electron chi connectivity index (χ3n) is 3.11. The van der Waals surface area contributed by atoms with E-state index in [0.717, 1.165) is 20.0 Å². The summed E-state index contributed by atoms with van der Waals surface area (Å²) in [5.74, 6) is -0.227. The Bertz CT molecular complexity index is 823. The van der Waals surface area contributed by atoms with Gasteiger partial charge in [0.2, 0.25) is 0 Å². The fraction of sp³-hybridized carbons (Fsp3) is 0. The summed E-state index contributed by atoms with van der Waals surface area (Å²) in [5.41, 5.74) is 5.05. The number of carbonyl (C=O) groups excluding carboxylic acids is 1. The summed E-state index contributed by atoms with van der Waals surface area (Å²) in [6, 6.07) is 15.5. The highest BCUT2D eigenvalue weighted by molar-refractivity contribution is 14.1. The molecular formula is C16H12IN3O. The normalized spacial score (nSPS) is 11.1. The van der Waals surface area contributed by atoms with Gasteiger partial charge in [-0.2, -0.15) is 5.10 Å². The summed E-state index contributed by atoms with van der Waals surface area (Å²) in [7, 11) is 0. The number of benzene rings is 2. The van der Waals surface area contributed by atoms with Gasteiger partial charge in [-0.05, 0) is 34.7 Å². The predicted molar refractivity (Wildman–Crippen MR) is 92.5 cm³/mol. The third-order valence-corrected chi connectivity index (χ3v) is 4.09. The Morgan fingerprint density at radius 3 is 2.76 bits per heavy atom. The second-order valence-corrected chi connectivity index (χ2v) is 5.63. The van der Waals surface area contributed by atoms with Crippen molar-refractivity contribution in [3.05, 3.63) is 69.4 Å². The SMILES string of the molecule is O=C(NN=Cc1ccccc1I)c1c[nH]c2ccccc12. The molecule has 0 fully saturated rings. The van der Waals surface area contributed by atoms with Crippen LogP contribution in [-0.2, 0) is 0 Å². The van der Waals surface area contributed by atoms with E-state index in [1.165, 1.54) is 0 Å². The van der Waals surface area contributed by atoms with Crippen molar-refractivity contribution in [2.24, 2.45) is 5.10 Å². The molecule has 0 aliphatic heterocycles. The molecule has 1 heterocycles.